The molecule has 2 saturated carbocycles. The number of aromatic nitrogens is 1. The van der Waals surface area contributed by atoms with Gasteiger partial charge in [-0.05, 0) is 79.0 Å². The highest BCUT2D eigenvalue weighted by atomic mass is 32.2. The third-order valence-corrected chi connectivity index (χ3v) is 14.4. The number of carbonyl (C=O) groups is 4. The first-order valence-electron chi connectivity index (χ1n) is 20.8. The minimum atomic E-state index is -3.87. The second-order valence-corrected chi connectivity index (χ2v) is 21.0. The average molecular weight is 824 g/mol. The van der Waals surface area contributed by atoms with E-state index in [-0.39, 0.29) is 55.9 Å². The van der Waals surface area contributed by atoms with Gasteiger partial charge in [-0.15, -0.1) is 6.58 Å². The number of nitrogens with one attached hydrogen (secondary N) is 1. The Morgan fingerprint density at radius 3 is 2.47 bits per heavy atom. The number of esters is 1. The molecule has 2 aliphatic heterocycles. The number of hydrogen-bond acceptors (Lipinski definition) is 9. The van der Waals surface area contributed by atoms with Gasteiger partial charge in [0, 0.05) is 29.9 Å². The fourth-order valence-corrected chi connectivity index (χ4v) is 9.92. The number of allylic oxidation sites excluding steroid dienone is 2. The number of nitrogens with zero attached hydrogens (tertiary/aromatic N) is 2. The largest absolute Gasteiger partial charge is 0.488 e. The molecule has 59 heavy (non-hydrogen) atoms. The molecule has 2 aliphatic carbocycles. The molecule has 2 amide bonds. The molecule has 4 aliphatic rings. The second kappa shape index (κ2) is 16.0. The molecule has 1 aromatic heterocycles. The van der Waals surface area contributed by atoms with Crippen molar-refractivity contribution in [1.82, 2.24) is 14.6 Å². The topological polar surface area (TPSA) is 149 Å². The molecule has 11 nitrogen and oxygen atoms in total. The number of rotatable bonds is 8. The number of ketones is 1. The minimum Gasteiger partial charge on any atom is -0.488 e. The third-order valence-electron chi connectivity index (χ3n) is 12.6. The molecular weight excluding hydrogens is 767 g/mol. The van der Waals surface area contributed by atoms with Crippen LogP contribution in [0.1, 0.15) is 97.1 Å². The Morgan fingerprint density at radius 1 is 1.08 bits per heavy atom. The summed E-state index contributed by atoms with van der Waals surface area (Å²) in [6.07, 6.45) is 7.59. The quantitative estimate of drug-likeness (QED) is 0.178. The lowest BCUT2D eigenvalue weighted by Crippen LogP contribution is -2.48. The molecule has 7 rings (SSSR count). The van der Waals surface area contributed by atoms with E-state index < -0.39 is 62.0 Å². The van der Waals surface area contributed by atoms with Crippen LogP contribution in [-0.2, 0) is 33.9 Å². The number of Topliss-reactive ketones (excluding diaryl/α,β-unsaturated/α-hetero) is 1. The van der Waals surface area contributed by atoms with E-state index >= 15 is 0 Å². The van der Waals surface area contributed by atoms with Crippen molar-refractivity contribution in [2.75, 3.05) is 13.2 Å². The van der Waals surface area contributed by atoms with E-state index in [2.05, 4.69) is 43.4 Å². The van der Waals surface area contributed by atoms with E-state index in [0.717, 1.165) is 40.4 Å². The van der Waals surface area contributed by atoms with Gasteiger partial charge in [0.15, 0.2) is 5.78 Å². The molecule has 3 aromatic rings. The molecule has 0 radical (unpaired) electrons. The molecule has 3 heterocycles. The Morgan fingerprint density at radius 2 is 1.81 bits per heavy atom. The van der Waals surface area contributed by atoms with Gasteiger partial charge in [-0.2, -0.15) is 0 Å². The van der Waals surface area contributed by atoms with E-state index in [1.165, 1.54) is 4.90 Å². The summed E-state index contributed by atoms with van der Waals surface area (Å²) in [5.41, 5.74) is 2.07. The first-order chi connectivity index (χ1) is 27.8. The highest BCUT2D eigenvalue weighted by Gasteiger charge is 2.61. The number of carbonyl (C=O) groups excluding carboxylic acids is 4. The number of aryl methyl sites for hydroxylation is 1. The van der Waals surface area contributed by atoms with Crippen LogP contribution in [0.2, 0.25) is 0 Å². The fraction of sp³-hybridized carbons (Fsp3) is 0.511. The van der Waals surface area contributed by atoms with Gasteiger partial charge in [-0.3, -0.25) is 23.9 Å². The molecule has 12 heteroatoms. The minimum absolute atomic E-state index is 0.0488. The highest BCUT2D eigenvalue weighted by Crippen LogP contribution is 2.57. The maximum Gasteiger partial charge on any atom is 0.306 e. The van der Waals surface area contributed by atoms with E-state index in [9.17, 15) is 27.6 Å². The van der Waals surface area contributed by atoms with Crippen LogP contribution in [0.15, 0.2) is 67.3 Å². The Hall–Kier alpha value is -4.84. The van der Waals surface area contributed by atoms with Crippen LogP contribution < -0.4 is 9.46 Å². The summed E-state index contributed by atoms with van der Waals surface area (Å²) in [6.45, 7) is 15.9. The average Bonchev–Trinajstić information content (AvgIpc) is 4.11. The molecule has 5 atom stereocenters. The summed E-state index contributed by atoms with van der Waals surface area (Å²) in [4.78, 5) is 63.4. The number of amides is 2. The summed E-state index contributed by atoms with van der Waals surface area (Å²) in [6, 6.07) is 14.8. The van der Waals surface area contributed by atoms with E-state index in [4.69, 9.17) is 14.5 Å². The maximum absolute atomic E-state index is 14.9. The zero-order valence-electron chi connectivity index (χ0n) is 35.1. The fourth-order valence-electron chi connectivity index (χ4n) is 8.54. The Kier molecular flexibility index (Phi) is 11.4. The molecular formula is C47H57N3O8S. The van der Waals surface area contributed by atoms with Gasteiger partial charge in [-0.25, -0.2) is 13.4 Å². The molecule has 4 bridgehead atoms. The molecule has 1 saturated heterocycles. The highest BCUT2D eigenvalue weighted by molar-refractivity contribution is 7.90. The number of sulfonamides is 1. The lowest BCUT2D eigenvalue weighted by molar-refractivity contribution is -0.155. The van der Waals surface area contributed by atoms with Crippen LogP contribution in [0, 0.1) is 35.0 Å². The normalized spacial score (nSPS) is 26.8. The van der Waals surface area contributed by atoms with Crippen molar-refractivity contribution >= 4 is 50.6 Å². The molecule has 0 spiro atoms. The monoisotopic (exact) mass is 823 g/mol. The van der Waals surface area contributed by atoms with Crippen LogP contribution in [0.3, 0.4) is 0 Å². The summed E-state index contributed by atoms with van der Waals surface area (Å²) in [5.74, 6) is -2.65. The molecule has 1 N–H and O–H groups in total. The zero-order valence-corrected chi connectivity index (χ0v) is 35.9. The number of ether oxygens (including phenoxy) is 2. The number of cyclic esters (lactones) is 1. The van der Waals surface area contributed by atoms with Crippen molar-refractivity contribution in [1.29, 1.82) is 0 Å². The summed E-state index contributed by atoms with van der Waals surface area (Å²) in [7, 11) is -3.87. The van der Waals surface area contributed by atoms with Gasteiger partial charge in [0.05, 0.1) is 53.4 Å². The van der Waals surface area contributed by atoms with Crippen molar-refractivity contribution in [3.63, 3.8) is 0 Å². The van der Waals surface area contributed by atoms with Gasteiger partial charge >= 0.3 is 5.97 Å². The van der Waals surface area contributed by atoms with Crippen LogP contribution in [0.4, 0.5) is 0 Å². The lowest BCUT2D eigenvalue weighted by atomic mass is 9.77. The summed E-state index contributed by atoms with van der Waals surface area (Å²) in [5, 5.41) is 0.172. The van der Waals surface area contributed by atoms with Crippen molar-refractivity contribution in [3.05, 3.63) is 78.4 Å². The predicted octanol–water partition coefficient (Wildman–Crippen LogP) is 7.75. The Balaban J connectivity index is 1.29. The number of fused-ring (bicyclic) bond motifs is 3. The van der Waals surface area contributed by atoms with Crippen molar-refractivity contribution in [2.45, 2.75) is 110 Å². The zero-order chi connectivity index (χ0) is 42.5. The molecule has 314 valence electrons. The van der Waals surface area contributed by atoms with Crippen LogP contribution in [0.25, 0.3) is 28.2 Å². The first-order valence-corrected chi connectivity index (χ1v) is 22.4. The first kappa shape index (κ1) is 42.3. The number of benzene rings is 2. The summed E-state index contributed by atoms with van der Waals surface area (Å²) >= 11 is 0. The standard InChI is InChI=1S/C47H57N3O8S/c1-8-32-25-47(32,44(54)49-59(55,56)34-17-18-34)26-40(51)39-22-33-27-50(39)43(53)36(45(3,4)5)23-42(52)57-28-46(6,7)19-13-12-16-31-21-35-38(20-29(31)2)48-37(24-41(35)58-33)30-14-10-9-11-15-30/h8-12,14-16,20-21,24,32-34,36,39H,1,13,17-19,22-23,25-28H2,2-7H3,(H,49,54)/b16-12+/t32-,33-,36-,39+,47-/m1/s1. The van der Waals surface area contributed by atoms with Gasteiger partial charge in [0.25, 0.3) is 0 Å². The Bertz CT molecular complexity index is 2310. The van der Waals surface area contributed by atoms with Gasteiger partial charge in [-0.1, -0.05) is 83.2 Å². The second-order valence-electron chi connectivity index (χ2n) is 19.0. The van der Waals surface area contributed by atoms with E-state index in [0.29, 0.717) is 24.3 Å². The van der Waals surface area contributed by atoms with E-state index in [1.54, 1.807) is 6.08 Å². The SMILES string of the molecule is C=C[C@@H]1C[C@]1(CC(=O)[C@@H]1C[C@@H]2CN1C(=O)[C@H](C(C)(C)C)CC(=O)OCC(C)(C)CC/C=C/c1cc3c(cc(-c4ccccc4)nc3cc1C)O2)C(=O)NS(=O)(=O)C1CC1. The van der Waals surface area contributed by atoms with E-state index in [1.807, 2.05) is 70.2 Å². The number of pyridine rings is 1. The molecule has 2 aromatic carbocycles. The number of hydrogen-bond donors (Lipinski definition) is 1. The van der Waals surface area contributed by atoms with Crippen LogP contribution in [0.5, 0.6) is 5.75 Å². The van der Waals surface area contributed by atoms with Gasteiger partial charge < -0.3 is 14.4 Å². The van der Waals surface area contributed by atoms with Crippen LogP contribution >= 0.6 is 0 Å². The lowest BCUT2D eigenvalue weighted by Gasteiger charge is -2.35. The van der Waals surface area contributed by atoms with Gasteiger partial charge in [0.2, 0.25) is 21.8 Å². The van der Waals surface area contributed by atoms with Gasteiger partial charge in [0.1, 0.15) is 11.9 Å². The molecule has 3 fully saturated rings. The Labute approximate surface area is 348 Å². The third kappa shape index (κ3) is 9.17. The predicted molar refractivity (Wildman–Crippen MR) is 227 cm³/mol. The van der Waals surface area contributed by atoms with Crippen LogP contribution in [-0.4, -0.2) is 72.4 Å². The smallest absolute Gasteiger partial charge is 0.306 e. The van der Waals surface area contributed by atoms with Crippen molar-refractivity contribution < 1.29 is 37.1 Å². The van der Waals surface area contributed by atoms with Crippen molar-refractivity contribution in [2.24, 2.45) is 28.1 Å². The summed E-state index contributed by atoms with van der Waals surface area (Å²) < 4.78 is 40.7. The molecule has 0 unspecified atom stereocenters. The van der Waals surface area contributed by atoms with Crippen molar-refractivity contribution in [3.8, 4) is 17.0 Å². The maximum atomic E-state index is 14.9.